The van der Waals surface area contributed by atoms with Crippen molar-refractivity contribution < 1.29 is 4.79 Å². The third kappa shape index (κ3) is 6.22. The molecule has 0 saturated heterocycles. The van der Waals surface area contributed by atoms with Gasteiger partial charge in [-0.3, -0.25) is 9.69 Å². The summed E-state index contributed by atoms with van der Waals surface area (Å²) >= 11 is 0. The van der Waals surface area contributed by atoms with Gasteiger partial charge in [-0.2, -0.15) is 0 Å². The van der Waals surface area contributed by atoms with Crippen LogP contribution in [0.2, 0.25) is 0 Å². The van der Waals surface area contributed by atoms with Crippen molar-refractivity contribution in [3.05, 3.63) is 35.9 Å². The van der Waals surface area contributed by atoms with Crippen molar-refractivity contribution in [1.29, 1.82) is 0 Å². The van der Waals surface area contributed by atoms with Crippen LogP contribution in [0.4, 0.5) is 0 Å². The lowest BCUT2D eigenvalue weighted by molar-refractivity contribution is -0.121. The molecule has 0 heterocycles. The standard InChI is InChI=1S/C13H19NO.C2H6/c1-11(15)13(14(2)3)10-9-12-7-5-4-6-8-12;1-2/h4-8,13H,9-10H2,1-3H3;1-2H3/t13-;/m0./s1. The molecule has 0 radical (unpaired) electrons. The number of hydrogen-bond acceptors (Lipinski definition) is 2. The van der Waals surface area contributed by atoms with Crippen LogP contribution < -0.4 is 0 Å². The van der Waals surface area contributed by atoms with Crippen molar-refractivity contribution in [3.8, 4) is 0 Å². The molecule has 0 spiro atoms. The summed E-state index contributed by atoms with van der Waals surface area (Å²) in [6.45, 7) is 5.66. The first-order valence-corrected chi connectivity index (χ1v) is 6.32. The van der Waals surface area contributed by atoms with Gasteiger partial charge in [-0.15, -0.1) is 0 Å². The summed E-state index contributed by atoms with van der Waals surface area (Å²) in [6.07, 6.45) is 1.86. The third-order valence-corrected chi connectivity index (χ3v) is 2.64. The van der Waals surface area contributed by atoms with Gasteiger partial charge >= 0.3 is 0 Å². The van der Waals surface area contributed by atoms with Crippen molar-refractivity contribution in [2.45, 2.75) is 39.7 Å². The highest BCUT2D eigenvalue weighted by atomic mass is 16.1. The number of ketones is 1. The molecule has 0 aliphatic carbocycles. The maximum absolute atomic E-state index is 11.4. The average Bonchev–Trinajstić information content (AvgIpc) is 2.32. The van der Waals surface area contributed by atoms with E-state index < -0.39 is 0 Å². The molecule has 96 valence electrons. The molecule has 1 aromatic carbocycles. The van der Waals surface area contributed by atoms with E-state index >= 15 is 0 Å². The summed E-state index contributed by atoms with van der Waals surface area (Å²) in [5.41, 5.74) is 1.30. The van der Waals surface area contributed by atoms with E-state index in [2.05, 4.69) is 12.1 Å². The SMILES string of the molecule is CC.CC(=O)[C@H](CCc1ccccc1)N(C)C. The Hall–Kier alpha value is -1.15. The predicted molar refractivity (Wildman–Crippen MR) is 74.3 cm³/mol. The van der Waals surface area contributed by atoms with Crippen LogP contribution in [0.15, 0.2) is 30.3 Å². The van der Waals surface area contributed by atoms with E-state index in [1.807, 2.05) is 51.0 Å². The van der Waals surface area contributed by atoms with Gasteiger partial charge in [0.15, 0.2) is 0 Å². The van der Waals surface area contributed by atoms with Crippen molar-refractivity contribution in [2.24, 2.45) is 0 Å². The topological polar surface area (TPSA) is 20.3 Å². The first-order chi connectivity index (χ1) is 8.11. The van der Waals surface area contributed by atoms with Crippen molar-refractivity contribution in [2.75, 3.05) is 14.1 Å². The van der Waals surface area contributed by atoms with Crippen LogP contribution >= 0.6 is 0 Å². The molecule has 17 heavy (non-hydrogen) atoms. The Balaban J connectivity index is 0.00000121. The molecule has 0 N–H and O–H groups in total. The Morgan fingerprint density at radius 2 is 1.71 bits per heavy atom. The lowest BCUT2D eigenvalue weighted by Crippen LogP contribution is -2.34. The normalized spacial score (nSPS) is 11.6. The van der Waals surface area contributed by atoms with Crippen molar-refractivity contribution >= 4 is 5.78 Å². The van der Waals surface area contributed by atoms with Crippen LogP contribution in [-0.4, -0.2) is 30.8 Å². The molecular weight excluding hydrogens is 210 g/mol. The minimum Gasteiger partial charge on any atom is -0.300 e. The van der Waals surface area contributed by atoms with Crippen molar-refractivity contribution in [3.63, 3.8) is 0 Å². The molecule has 2 nitrogen and oxygen atoms in total. The Morgan fingerprint density at radius 1 is 1.18 bits per heavy atom. The number of hydrogen-bond donors (Lipinski definition) is 0. The van der Waals surface area contributed by atoms with Gasteiger partial charge in [-0.1, -0.05) is 44.2 Å². The number of carbonyl (C=O) groups is 1. The summed E-state index contributed by atoms with van der Waals surface area (Å²) in [5, 5.41) is 0. The zero-order valence-corrected chi connectivity index (χ0v) is 11.7. The van der Waals surface area contributed by atoms with E-state index in [-0.39, 0.29) is 11.8 Å². The van der Waals surface area contributed by atoms with Crippen LogP contribution in [0.3, 0.4) is 0 Å². The Kier molecular flexibility index (Phi) is 8.34. The summed E-state index contributed by atoms with van der Waals surface area (Å²) in [4.78, 5) is 13.4. The van der Waals surface area contributed by atoms with Gasteiger partial charge in [0.05, 0.1) is 6.04 Å². The number of carbonyl (C=O) groups excluding carboxylic acids is 1. The molecular formula is C15H25NO. The van der Waals surface area contributed by atoms with Gasteiger partial charge in [0.25, 0.3) is 0 Å². The largest absolute Gasteiger partial charge is 0.300 e. The molecule has 0 aromatic heterocycles. The second kappa shape index (κ2) is 8.94. The first kappa shape index (κ1) is 15.9. The van der Waals surface area contributed by atoms with Crippen LogP contribution in [-0.2, 0) is 11.2 Å². The highest BCUT2D eigenvalue weighted by Crippen LogP contribution is 2.08. The number of rotatable bonds is 5. The van der Waals surface area contributed by atoms with E-state index in [4.69, 9.17) is 0 Å². The van der Waals surface area contributed by atoms with Crippen LogP contribution in [0.5, 0.6) is 0 Å². The summed E-state index contributed by atoms with van der Waals surface area (Å²) in [7, 11) is 3.91. The van der Waals surface area contributed by atoms with Crippen LogP contribution in [0.25, 0.3) is 0 Å². The lowest BCUT2D eigenvalue weighted by Gasteiger charge is -2.21. The molecule has 2 heteroatoms. The van der Waals surface area contributed by atoms with E-state index in [0.29, 0.717) is 0 Å². The Bertz CT molecular complexity index is 306. The highest BCUT2D eigenvalue weighted by Gasteiger charge is 2.15. The van der Waals surface area contributed by atoms with Gasteiger partial charge in [0.1, 0.15) is 5.78 Å². The number of aryl methyl sites for hydroxylation is 1. The van der Waals surface area contributed by atoms with E-state index in [1.165, 1.54) is 5.56 Å². The maximum Gasteiger partial charge on any atom is 0.146 e. The fourth-order valence-corrected chi connectivity index (χ4v) is 1.77. The summed E-state index contributed by atoms with van der Waals surface area (Å²) in [6, 6.07) is 10.3. The molecule has 1 aromatic rings. The molecule has 0 bridgehead atoms. The van der Waals surface area contributed by atoms with Gasteiger partial charge in [0.2, 0.25) is 0 Å². The maximum atomic E-state index is 11.4. The smallest absolute Gasteiger partial charge is 0.146 e. The number of likely N-dealkylation sites (N-methyl/N-ethyl adjacent to an activating group) is 1. The Labute approximate surface area is 106 Å². The van der Waals surface area contributed by atoms with Gasteiger partial charge in [-0.25, -0.2) is 0 Å². The van der Waals surface area contributed by atoms with E-state index in [0.717, 1.165) is 12.8 Å². The second-order valence-corrected chi connectivity index (χ2v) is 4.11. The molecule has 1 atom stereocenters. The van der Waals surface area contributed by atoms with E-state index in [1.54, 1.807) is 6.92 Å². The van der Waals surface area contributed by atoms with E-state index in [9.17, 15) is 4.79 Å². The van der Waals surface area contributed by atoms with Crippen LogP contribution in [0, 0.1) is 0 Å². The first-order valence-electron chi connectivity index (χ1n) is 6.32. The molecule has 0 unspecified atom stereocenters. The second-order valence-electron chi connectivity index (χ2n) is 4.11. The Morgan fingerprint density at radius 3 is 2.12 bits per heavy atom. The monoisotopic (exact) mass is 235 g/mol. The molecule has 0 fully saturated rings. The fraction of sp³-hybridized carbons (Fsp3) is 0.533. The van der Waals surface area contributed by atoms with Crippen molar-refractivity contribution in [1.82, 2.24) is 4.90 Å². The van der Waals surface area contributed by atoms with Gasteiger partial charge in [-0.05, 0) is 39.4 Å². The minimum atomic E-state index is 0.0465. The molecule has 0 saturated carbocycles. The summed E-state index contributed by atoms with van der Waals surface area (Å²) in [5.74, 6) is 0.246. The average molecular weight is 235 g/mol. The highest BCUT2D eigenvalue weighted by molar-refractivity contribution is 5.81. The zero-order chi connectivity index (χ0) is 13.3. The zero-order valence-electron chi connectivity index (χ0n) is 11.7. The molecule has 0 aliphatic rings. The molecule has 0 aliphatic heterocycles. The lowest BCUT2D eigenvalue weighted by atomic mass is 10.0. The minimum absolute atomic E-state index is 0.0465. The number of Topliss-reactive ketones (excluding diaryl/α,β-unsaturated/α-hetero) is 1. The molecule has 1 rings (SSSR count). The molecule has 0 amide bonds. The quantitative estimate of drug-likeness (QED) is 0.781. The predicted octanol–water partition coefficient (Wildman–Crippen LogP) is 3.16. The number of benzene rings is 1. The summed E-state index contributed by atoms with van der Waals surface area (Å²) < 4.78 is 0. The van der Waals surface area contributed by atoms with Gasteiger partial charge < -0.3 is 0 Å². The van der Waals surface area contributed by atoms with Gasteiger partial charge in [0, 0.05) is 0 Å². The third-order valence-electron chi connectivity index (χ3n) is 2.64. The fourth-order valence-electron chi connectivity index (χ4n) is 1.77. The number of nitrogens with zero attached hydrogens (tertiary/aromatic N) is 1. The van der Waals surface area contributed by atoms with Crippen LogP contribution in [0.1, 0.15) is 32.8 Å².